The topological polar surface area (TPSA) is 56.5 Å². The fourth-order valence-electron chi connectivity index (χ4n) is 2.57. The SMILES string of the molecule is CCOC(=O)c1cc(C(C)(C)C)n2nc(-c3ccccc3)cc2n1. The van der Waals surface area contributed by atoms with Crippen LogP contribution in [0.25, 0.3) is 16.9 Å². The molecular weight excluding hydrogens is 302 g/mol. The average molecular weight is 323 g/mol. The molecule has 1 aromatic carbocycles. The lowest BCUT2D eigenvalue weighted by Gasteiger charge is -2.20. The standard InChI is InChI=1S/C19H21N3O2/c1-5-24-18(23)15-11-16(19(2,3)4)22-17(20-15)12-14(21-22)13-9-7-6-8-10-13/h6-12H,5H2,1-4H3. The quantitative estimate of drug-likeness (QED) is 0.687. The van der Waals surface area contributed by atoms with E-state index in [1.165, 1.54) is 0 Å². The van der Waals surface area contributed by atoms with Crippen molar-refractivity contribution in [3.05, 3.63) is 53.9 Å². The molecule has 0 amide bonds. The minimum atomic E-state index is -0.409. The van der Waals surface area contributed by atoms with Crippen LogP contribution in [-0.2, 0) is 10.2 Å². The maximum absolute atomic E-state index is 12.1. The molecule has 0 aliphatic heterocycles. The summed E-state index contributed by atoms with van der Waals surface area (Å²) >= 11 is 0. The second-order valence-corrected chi connectivity index (χ2v) is 6.66. The summed E-state index contributed by atoms with van der Waals surface area (Å²) in [5.74, 6) is -0.409. The molecule has 5 heteroatoms. The fourth-order valence-corrected chi connectivity index (χ4v) is 2.57. The van der Waals surface area contributed by atoms with Gasteiger partial charge < -0.3 is 4.74 Å². The molecule has 3 rings (SSSR count). The van der Waals surface area contributed by atoms with Crippen molar-refractivity contribution >= 4 is 11.6 Å². The summed E-state index contributed by atoms with van der Waals surface area (Å²) in [7, 11) is 0. The summed E-state index contributed by atoms with van der Waals surface area (Å²) in [5, 5.41) is 4.70. The Morgan fingerprint density at radius 1 is 1.17 bits per heavy atom. The summed E-state index contributed by atoms with van der Waals surface area (Å²) in [6, 6.07) is 13.6. The number of rotatable bonds is 3. The van der Waals surface area contributed by atoms with E-state index in [9.17, 15) is 4.79 Å². The zero-order valence-corrected chi connectivity index (χ0v) is 14.4. The van der Waals surface area contributed by atoms with Gasteiger partial charge in [0.1, 0.15) is 0 Å². The summed E-state index contributed by atoms with van der Waals surface area (Å²) < 4.78 is 6.92. The summed E-state index contributed by atoms with van der Waals surface area (Å²) in [6.07, 6.45) is 0. The van der Waals surface area contributed by atoms with E-state index in [1.54, 1.807) is 13.0 Å². The van der Waals surface area contributed by atoms with Gasteiger partial charge in [-0.3, -0.25) is 0 Å². The maximum atomic E-state index is 12.1. The molecule has 24 heavy (non-hydrogen) atoms. The number of fused-ring (bicyclic) bond motifs is 1. The summed E-state index contributed by atoms with van der Waals surface area (Å²) in [4.78, 5) is 16.6. The molecule has 0 aliphatic rings. The first-order valence-corrected chi connectivity index (χ1v) is 8.04. The molecule has 0 spiro atoms. The highest BCUT2D eigenvalue weighted by Gasteiger charge is 2.23. The number of nitrogens with zero attached hydrogens (tertiary/aromatic N) is 3. The Bertz CT molecular complexity index is 877. The lowest BCUT2D eigenvalue weighted by atomic mass is 9.91. The molecular formula is C19H21N3O2. The van der Waals surface area contributed by atoms with Gasteiger partial charge >= 0.3 is 5.97 Å². The number of esters is 1. The van der Waals surface area contributed by atoms with Crippen molar-refractivity contribution < 1.29 is 9.53 Å². The fraction of sp³-hybridized carbons (Fsp3) is 0.316. The third-order valence-corrected chi connectivity index (χ3v) is 3.75. The Balaban J connectivity index is 2.21. The Morgan fingerprint density at radius 3 is 2.50 bits per heavy atom. The largest absolute Gasteiger partial charge is 0.461 e. The number of benzene rings is 1. The summed E-state index contributed by atoms with van der Waals surface area (Å²) in [5.41, 5.74) is 3.52. The predicted octanol–water partition coefficient (Wildman–Crippen LogP) is 3.87. The predicted molar refractivity (Wildman–Crippen MR) is 93.1 cm³/mol. The van der Waals surface area contributed by atoms with Gasteiger partial charge in [-0.05, 0) is 13.0 Å². The monoisotopic (exact) mass is 323 g/mol. The van der Waals surface area contributed by atoms with Crippen molar-refractivity contribution in [3.8, 4) is 11.3 Å². The van der Waals surface area contributed by atoms with Crippen LogP contribution in [0.4, 0.5) is 0 Å². The summed E-state index contributed by atoms with van der Waals surface area (Å²) in [6.45, 7) is 8.36. The Kier molecular flexibility index (Phi) is 4.09. The molecule has 2 aromatic heterocycles. The van der Waals surface area contributed by atoms with E-state index in [0.717, 1.165) is 17.0 Å². The first-order valence-electron chi connectivity index (χ1n) is 8.04. The Morgan fingerprint density at radius 2 is 1.88 bits per heavy atom. The smallest absolute Gasteiger partial charge is 0.357 e. The van der Waals surface area contributed by atoms with Gasteiger partial charge in [0.15, 0.2) is 11.3 Å². The van der Waals surface area contributed by atoms with Crippen molar-refractivity contribution in [2.75, 3.05) is 6.61 Å². The number of hydrogen-bond donors (Lipinski definition) is 0. The Labute approximate surface area is 141 Å². The van der Waals surface area contributed by atoms with Gasteiger partial charge in [-0.1, -0.05) is 51.1 Å². The number of ether oxygens (including phenoxy) is 1. The van der Waals surface area contributed by atoms with Crippen molar-refractivity contribution in [2.45, 2.75) is 33.1 Å². The molecule has 0 atom stereocenters. The van der Waals surface area contributed by atoms with E-state index in [1.807, 2.05) is 40.9 Å². The van der Waals surface area contributed by atoms with E-state index in [-0.39, 0.29) is 5.41 Å². The van der Waals surface area contributed by atoms with Crippen LogP contribution in [0.2, 0.25) is 0 Å². The van der Waals surface area contributed by atoms with Crippen molar-refractivity contribution in [2.24, 2.45) is 0 Å². The molecule has 0 fully saturated rings. The highest BCUT2D eigenvalue weighted by Crippen LogP contribution is 2.26. The van der Waals surface area contributed by atoms with Gasteiger partial charge in [-0.2, -0.15) is 5.10 Å². The van der Waals surface area contributed by atoms with E-state index >= 15 is 0 Å². The Hall–Kier alpha value is -2.69. The van der Waals surface area contributed by atoms with Gasteiger partial charge in [0.05, 0.1) is 18.0 Å². The van der Waals surface area contributed by atoms with Crippen molar-refractivity contribution in [1.29, 1.82) is 0 Å². The minimum absolute atomic E-state index is 0.192. The molecule has 0 unspecified atom stereocenters. The average Bonchev–Trinajstić information content (AvgIpc) is 2.98. The highest BCUT2D eigenvalue weighted by molar-refractivity contribution is 5.88. The normalized spacial score (nSPS) is 11.7. The molecule has 0 saturated carbocycles. The van der Waals surface area contributed by atoms with Gasteiger partial charge in [-0.25, -0.2) is 14.3 Å². The van der Waals surface area contributed by atoms with E-state index in [0.29, 0.717) is 17.9 Å². The van der Waals surface area contributed by atoms with Crippen LogP contribution < -0.4 is 0 Å². The minimum Gasteiger partial charge on any atom is -0.461 e. The molecule has 0 N–H and O–H groups in total. The van der Waals surface area contributed by atoms with Crippen LogP contribution in [0.5, 0.6) is 0 Å². The molecule has 0 saturated heterocycles. The van der Waals surface area contributed by atoms with Crippen LogP contribution in [-0.4, -0.2) is 27.2 Å². The first-order chi connectivity index (χ1) is 11.4. The van der Waals surface area contributed by atoms with Crippen molar-refractivity contribution in [3.63, 3.8) is 0 Å². The molecule has 2 heterocycles. The van der Waals surface area contributed by atoms with Crippen LogP contribution in [0, 0.1) is 0 Å². The van der Waals surface area contributed by atoms with E-state index in [2.05, 4.69) is 25.8 Å². The number of hydrogen-bond acceptors (Lipinski definition) is 4. The molecule has 3 aromatic rings. The lowest BCUT2D eigenvalue weighted by Crippen LogP contribution is -2.20. The van der Waals surface area contributed by atoms with Crippen molar-refractivity contribution in [1.82, 2.24) is 14.6 Å². The third-order valence-electron chi connectivity index (χ3n) is 3.75. The van der Waals surface area contributed by atoms with Gasteiger partial charge in [0.2, 0.25) is 0 Å². The molecule has 124 valence electrons. The first kappa shape index (κ1) is 16.2. The van der Waals surface area contributed by atoms with Crippen LogP contribution in [0.15, 0.2) is 42.5 Å². The second-order valence-electron chi connectivity index (χ2n) is 6.66. The van der Waals surface area contributed by atoms with Crippen LogP contribution in [0.1, 0.15) is 43.9 Å². The number of aromatic nitrogens is 3. The highest BCUT2D eigenvalue weighted by atomic mass is 16.5. The van der Waals surface area contributed by atoms with Gasteiger partial charge in [0, 0.05) is 17.0 Å². The van der Waals surface area contributed by atoms with Crippen LogP contribution >= 0.6 is 0 Å². The molecule has 0 bridgehead atoms. The van der Waals surface area contributed by atoms with Gasteiger partial charge in [0.25, 0.3) is 0 Å². The zero-order valence-electron chi connectivity index (χ0n) is 14.4. The maximum Gasteiger partial charge on any atom is 0.357 e. The zero-order chi connectivity index (χ0) is 17.3. The lowest BCUT2D eigenvalue weighted by molar-refractivity contribution is 0.0519. The molecule has 0 aliphatic carbocycles. The second kappa shape index (κ2) is 6.07. The number of carbonyl (C=O) groups is 1. The number of carbonyl (C=O) groups excluding carboxylic acids is 1. The van der Waals surface area contributed by atoms with E-state index < -0.39 is 5.97 Å². The van der Waals surface area contributed by atoms with E-state index in [4.69, 9.17) is 9.84 Å². The third kappa shape index (κ3) is 3.02. The molecule has 5 nitrogen and oxygen atoms in total. The molecule has 0 radical (unpaired) electrons. The van der Waals surface area contributed by atoms with Crippen LogP contribution in [0.3, 0.4) is 0 Å². The van der Waals surface area contributed by atoms with Gasteiger partial charge in [-0.15, -0.1) is 0 Å².